The van der Waals surface area contributed by atoms with Gasteiger partial charge in [-0.1, -0.05) is 0 Å². The molecule has 0 aromatic rings. The van der Waals surface area contributed by atoms with E-state index in [0.717, 1.165) is 0 Å². The lowest BCUT2D eigenvalue weighted by Gasteiger charge is -2.24. The van der Waals surface area contributed by atoms with Crippen molar-refractivity contribution in [2.45, 2.75) is 95.2 Å². The Morgan fingerprint density at radius 3 is 2.16 bits per heavy atom. The van der Waals surface area contributed by atoms with Gasteiger partial charge in [0.1, 0.15) is 18.4 Å². The number of carbonyl (C=O) groups excluding carboxylic acids is 5. The number of nitrogens with zero attached hydrogens (tertiary/aromatic N) is 1. The monoisotopic (exact) mass is 524 g/mol. The molecule has 1 aliphatic rings. The number of aldehydes is 1. The van der Waals surface area contributed by atoms with E-state index in [2.05, 4.69) is 26.3 Å². The SMILES string of the molecule is NCCCC[C@@H]1NC(=O)CCCCC(=O)NCCCC[C@@H](C=O)NC(=O)[C@H](CCCN=C(N)N)NC1=O. The van der Waals surface area contributed by atoms with E-state index in [1.54, 1.807) is 0 Å². The zero-order valence-electron chi connectivity index (χ0n) is 21.6. The Hall–Kier alpha value is -3.22. The number of hydrogen-bond donors (Lipinski definition) is 7. The molecule has 0 radical (unpaired) electrons. The van der Waals surface area contributed by atoms with Gasteiger partial charge in [-0.05, 0) is 70.8 Å². The highest BCUT2D eigenvalue weighted by atomic mass is 16.2. The molecule has 0 aliphatic carbocycles. The Morgan fingerprint density at radius 1 is 0.838 bits per heavy atom. The molecule has 3 atom stereocenters. The fraction of sp³-hybridized carbons (Fsp3) is 0.750. The molecule has 13 heteroatoms. The van der Waals surface area contributed by atoms with Gasteiger partial charge >= 0.3 is 0 Å². The van der Waals surface area contributed by atoms with Crippen molar-refractivity contribution in [2.75, 3.05) is 19.6 Å². The van der Waals surface area contributed by atoms with Crippen LogP contribution in [0, 0.1) is 0 Å². The minimum absolute atomic E-state index is 0.0751. The third-order valence-corrected chi connectivity index (χ3v) is 5.99. The molecule has 13 nitrogen and oxygen atoms in total. The van der Waals surface area contributed by atoms with Crippen molar-refractivity contribution in [3.05, 3.63) is 0 Å². The van der Waals surface area contributed by atoms with Gasteiger partial charge in [-0.25, -0.2) is 0 Å². The first-order chi connectivity index (χ1) is 17.8. The van der Waals surface area contributed by atoms with Gasteiger partial charge in [-0.3, -0.25) is 24.2 Å². The van der Waals surface area contributed by atoms with E-state index in [0.29, 0.717) is 83.6 Å². The summed E-state index contributed by atoms with van der Waals surface area (Å²) in [5.41, 5.74) is 16.3. The smallest absolute Gasteiger partial charge is 0.243 e. The molecule has 1 fully saturated rings. The first-order valence-corrected chi connectivity index (χ1v) is 13.1. The van der Waals surface area contributed by atoms with Crippen LogP contribution < -0.4 is 38.5 Å². The van der Waals surface area contributed by atoms with Crippen molar-refractivity contribution in [3.8, 4) is 0 Å². The molecule has 1 heterocycles. The van der Waals surface area contributed by atoms with Crippen LogP contribution in [0.15, 0.2) is 4.99 Å². The summed E-state index contributed by atoms with van der Waals surface area (Å²) < 4.78 is 0. The van der Waals surface area contributed by atoms with Gasteiger partial charge in [0, 0.05) is 25.9 Å². The van der Waals surface area contributed by atoms with Crippen molar-refractivity contribution in [1.82, 2.24) is 21.3 Å². The molecular weight excluding hydrogens is 480 g/mol. The predicted molar refractivity (Wildman–Crippen MR) is 140 cm³/mol. The number of guanidine groups is 1. The van der Waals surface area contributed by atoms with Crippen molar-refractivity contribution in [2.24, 2.45) is 22.2 Å². The highest BCUT2D eigenvalue weighted by Gasteiger charge is 2.27. The maximum Gasteiger partial charge on any atom is 0.243 e. The van der Waals surface area contributed by atoms with E-state index < -0.39 is 29.9 Å². The van der Waals surface area contributed by atoms with Gasteiger partial charge in [0.25, 0.3) is 0 Å². The minimum Gasteiger partial charge on any atom is -0.370 e. The van der Waals surface area contributed by atoms with E-state index >= 15 is 0 Å². The van der Waals surface area contributed by atoms with Crippen LogP contribution in [0.1, 0.15) is 77.0 Å². The van der Waals surface area contributed by atoms with Gasteiger partial charge < -0.3 is 43.3 Å². The number of hydrogen-bond acceptors (Lipinski definition) is 7. The highest BCUT2D eigenvalue weighted by molar-refractivity contribution is 5.92. The largest absolute Gasteiger partial charge is 0.370 e. The standard InChI is InChI=1S/C24H44N8O5/c25-13-5-3-9-18-23(37)32-19(10-7-15-29-24(26)27)22(36)30-17(16-33)8-4-6-14-28-20(34)11-1-2-12-21(35)31-18/h16-19H,1-15,25H2,(H,28,34)(H,30,36)(H,31,35)(H,32,37)(H4,26,27,29)/t17-,18-,19-/m0/s1. The number of amides is 4. The molecular formula is C24H44N8O5. The molecule has 210 valence electrons. The lowest BCUT2D eigenvalue weighted by Crippen LogP contribution is -2.55. The summed E-state index contributed by atoms with van der Waals surface area (Å²) in [4.78, 5) is 66.2. The Kier molecular flexibility index (Phi) is 16.3. The van der Waals surface area contributed by atoms with Crippen LogP contribution in [0.2, 0.25) is 0 Å². The fourth-order valence-corrected chi connectivity index (χ4v) is 3.91. The Labute approximate surface area is 218 Å². The molecule has 0 aromatic carbocycles. The quantitative estimate of drug-likeness (QED) is 0.0827. The van der Waals surface area contributed by atoms with E-state index in [1.807, 2.05) is 0 Å². The molecule has 0 bridgehead atoms. The summed E-state index contributed by atoms with van der Waals surface area (Å²) in [6, 6.07) is -2.53. The lowest BCUT2D eigenvalue weighted by molar-refractivity contribution is -0.133. The summed E-state index contributed by atoms with van der Waals surface area (Å²) in [6.45, 7) is 1.18. The van der Waals surface area contributed by atoms with Gasteiger partial charge in [-0.2, -0.15) is 0 Å². The Morgan fingerprint density at radius 2 is 1.49 bits per heavy atom. The second-order valence-corrected chi connectivity index (χ2v) is 9.22. The molecule has 37 heavy (non-hydrogen) atoms. The number of unbranched alkanes of at least 4 members (excludes halogenated alkanes) is 1. The predicted octanol–water partition coefficient (Wildman–Crippen LogP) is -1.32. The van der Waals surface area contributed by atoms with Gasteiger partial charge in [0.05, 0.1) is 6.04 Å². The summed E-state index contributed by atoms with van der Waals surface area (Å²) in [5, 5.41) is 11.0. The molecule has 10 N–H and O–H groups in total. The van der Waals surface area contributed by atoms with Crippen molar-refractivity contribution in [3.63, 3.8) is 0 Å². The summed E-state index contributed by atoms with van der Waals surface area (Å²) in [7, 11) is 0. The second kappa shape index (κ2) is 19.0. The molecule has 0 aromatic heterocycles. The first-order valence-electron chi connectivity index (χ1n) is 13.1. The zero-order valence-corrected chi connectivity index (χ0v) is 21.6. The zero-order chi connectivity index (χ0) is 27.5. The molecule has 4 amide bonds. The topological polar surface area (TPSA) is 224 Å². The number of carbonyl (C=O) groups is 5. The third kappa shape index (κ3) is 14.8. The van der Waals surface area contributed by atoms with Crippen LogP contribution in [-0.2, 0) is 24.0 Å². The molecule has 1 saturated heterocycles. The first kappa shape index (κ1) is 31.8. The lowest BCUT2D eigenvalue weighted by atomic mass is 10.0. The molecule has 1 rings (SSSR count). The van der Waals surface area contributed by atoms with Gasteiger partial charge in [0.15, 0.2) is 5.96 Å². The average Bonchev–Trinajstić information content (AvgIpc) is 2.86. The number of nitrogens with two attached hydrogens (primary N) is 3. The van der Waals surface area contributed by atoms with E-state index in [4.69, 9.17) is 17.2 Å². The summed E-state index contributed by atoms with van der Waals surface area (Å²) in [6.07, 6.45) is 6.16. The van der Waals surface area contributed by atoms with E-state index in [1.165, 1.54) is 0 Å². The van der Waals surface area contributed by atoms with Crippen LogP contribution in [0.3, 0.4) is 0 Å². The Bertz CT molecular complexity index is 772. The molecule has 1 aliphatic heterocycles. The number of rotatable bonds is 9. The van der Waals surface area contributed by atoms with Crippen molar-refractivity contribution >= 4 is 35.9 Å². The second-order valence-electron chi connectivity index (χ2n) is 9.22. The molecule has 0 unspecified atom stereocenters. The summed E-state index contributed by atoms with van der Waals surface area (Å²) in [5.74, 6) is -1.48. The fourth-order valence-electron chi connectivity index (χ4n) is 3.91. The molecule has 0 spiro atoms. The van der Waals surface area contributed by atoms with Crippen molar-refractivity contribution in [1.29, 1.82) is 0 Å². The summed E-state index contributed by atoms with van der Waals surface area (Å²) >= 11 is 0. The molecule has 0 saturated carbocycles. The van der Waals surface area contributed by atoms with Gasteiger partial charge in [-0.15, -0.1) is 0 Å². The van der Waals surface area contributed by atoms with Crippen LogP contribution in [0.4, 0.5) is 0 Å². The van der Waals surface area contributed by atoms with Crippen LogP contribution in [0.25, 0.3) is 0 Å². The normalized spacial score (nSPS) is 23.2. The minimum atomic E-state index is -0.945. The highest BCUT2D eigenvalue weighted by Crippen LogP contribution is 2.08. The van der Waals surface area contributed by atoms with E-state index in [-0.39, 0.29) is 37.2 Å². The van der Waals surface area contributed by atoms with E-state index in [9.17, 15) is 24.0 Å². The third-order valence-electron chi connectivity index (χ3n) is 5.99. The number of aliphatic imine (C=N–C) groups is 1. The van der Waals surface area contributed by atoms with Crippen LogP contribution in [0.5, 0.6) is 0 Å². The van der Waals surface area contributed by atoms with Crippen LogP contribution in [-0.4, -0.2) is 73.6 Å². The van der Waals surface area contributed by atoms with Crippen LogP contribution >= 0.6 is 0 Å². The average molecular weight is 525 g/mol. The van der Waals surface area contributed by atoms with Crippen molar-refractivity contribution < 1.29 is 24.0 Å². The van der Waals surface area contributed by atoms with Gasteiger partial charge in [0.2, 0.25) is 23.6 Å². The Balaban J connectivity index is 3.03. The maximum atomic E-state index is 13.2. The maximum absolute atomic E-state index is 13.2. The number of nitrogens with one attached hydrogen (secondary N) is 4.